The number of nitrogens with two attached hydrogens (primary N) is 1. The summed E-state index contributed by atoms with van der Waals surface area (Å²) in [7, 11) is 1.58. The third-order valence-corrected chi connectivity index (χ3v) is 3.57. The van der Waals surface area contributed by atoms with Crippen molar-refractivity contribution < 1.29 is 9.13 Å². The summed E-state index contributed by atoms with van der Waals surface area (Å²) in [6.07, 6.45) is 2.70. The summed E-state index contributed by atoms with van der Waals surface area (Å²) in [6, 6.07) is 5.62. The molecule has 1 aliphatic rings. The van der Waals surface area contributed by atoms with Gasteiger partial charge < -0.3 is 10.5 Å². The largest absolute Gasteiger partial charge is 0.496 e. The van der Waals surface area contributed by atoms with Crippen LogP contribution in [0.25, 0.3) is 0 Å². The van der Waals surface area contributed by atoms with Crippen molar-refractivity contribution >= 4 is 0 Å². The summed E-state index contributed by atoms with van der Waals surface area (Å²) in [6.45, 7) is 1.97. The molecule has 1 saturated carbocycles. The zero-order valence-electron chi connectivity index (χ0n) is 10.5. The molecule has 1 aromatic rings. The molecule has 0 saturated heterocycles. The molecular weight excluding hydrogens is 217 g/mol. The predicted molar refractivity (Wildman–Crippen MR) is 67.0 cm³/mol. The first-order valence-electron chi connectivity index (χ1n) is 6.15. The molecule has 0 amide bonds. The average molecular weight is 237 g/mol. The quantitative estimate of drug-likeness (QED) is 0.858. The predicted octanol–water partition coefficient (Wildman–Crippen LogP) is 3.07. The van der Waals surface area contributed by atoms with E-state index in [1.54, 1.807) is 7.11 Å². The highest BCUT2D eigenvalue weighted by atomic mass is 19.1. The van der Waals surface area contributed by atoms with Crippen molar-refractivity contribution in [3.8, 4) is 5.75 Å². The van der Waals surface area contributed by atoms with Crippen molar-refractivity contribution in [2.75, 3.05) is 7.11 Å². The maximum Gasteiger partial charge on any atom is 0.141 e. The second-order valence-corrected chi connectivity index (χ2v) is 5.03. The van der Waals surface area contributed by atoms with E-state index in [1.807, 2.05) is 25.1 Å². The normalized spacial score (nSPS) is 29.1. The van der Waals surface area contributed by atoms with Crippen molar-refractivity contribution in [1.29, 1.82) is 0 Å². The molecule has 0 aromatic heterocycles. The van der Waals surface area contributed by atoms with Crippen molar-refractivity contribution in [1.82, 2.24) is 0 Å². The number of aryl methyl sites for hydroxylation is 1. The molecule has 94 valence electrons. The summed E-state index contributed by atoms with van der Waals surface area (Å²) < 4.78 is 20.3. The second-order valence-electron chi connectivity index (χ2n) is 5.03. The molecular formula is C14H20FNO. The van der Waals surface area contributed by atoms with Crippen molar-refractivity contribution in [2.45, 2.75) is 44.3 Å². The Morgan fingerprint density at radius 3 is 2.88 bits per heavy atom. The summed E-state index contributed by atoms with van der Waals surface area (Å²) in [5.74, 6) is 0.632. The lowest BCUT2D eigenvalue weighted by Gasteiger charge is -2.34. The lowest BCUT2D eigenvalue weighted by Crippen LogP contribution is -2.36. The zero-order valence-corrected chi connectivity index (χ0v) is 10.5. The van der Waals surface area contributed by atoms with Crippen LogP contribution in [0.3, 0.4) is 0 Å². The van der Waals surface area contributed by atoms with E-state index in [-0.39, 0.29) is 6.04 Å². The summed E-state index contributed by atoms with van der Waals surface area (Å²) in [5.41, 5.74) is 6.29. The molecule has 2 nitrogen and oxygen atoms in total. The minimum absolute atomic E-state index is 0.0426. The molecule has 2 atom stereocenters. The highest BCUT2D eigenvalue weighted by Gasteiger charge is 2.39. The van der Waals surface area contributed by atoms with E-state index in [0.717, 1.165) is 18.4 Å². The van der Waals surface area contributed by atoms with E-state index >= 15 is 4.39 Å². The molecule has 2 unspecified atom stereocenters. The van der Waals surface area contributed by atoms with Gasteiger partial charge in [0.15, 0.2) is 0 Å². The molecule has 2 rings (SSSR count). The van der Waals surface area contributed by atoms with Gasteiger partial charge in [-0.25, -0.2) is 4.39 Å². The number of ether oxygens (including phenoxy) is 1. The van der Waals surface area contributed by atoms with Gasteiger partial charge in [-0.3, -0.25) is 0 Å². The van der Waals surface area contributed by atoms with E-state index in [4.69, 9.17) is 10.5 Å². The van der Waals surface area contributed by atoms with E-state index < -0.39 is 5.67 Å². The fourth-order valence-corrected chi connectivity index (χ4v) is 2.68. The van der Waals surface area contributed by atoms with Crippen LogP contribution in [-0.2, 0) is 5.67 Å². The molecule has 0 spiro atoms. The molecule has 1 aromatic carbocycles. The molecule has 0 radical (unpaired) electrons. The van der Waals surface area contributed by atoms with Crippen molar-refractivity contribution in [3.05, 3.63) is 29.3 Å². The third kappa shape index (κ3) is 2.44. The Hall–Kier alpha value is -1.09. The van der Waals surface area contributed by atoms with Gasteiger partial charge >= 0.3 is 0 Å². The Balaban J connectivity index is 2.40. The topological polar surface area (TPSA) is 35.2 Å². The van der Waals surface area contributed by atoms with E-state index in [0.29, 0.717) is 24.2 Å². The number of hydrogen-bond donors (Lipinski definition) is 1. The van der Waals surface area contributed by atoms with Crippen LogP contribution < -0.4 is 10.5 Å². The van der Waals surface area contributed by atoms with Gasteiger partial charge in [0.25, 0.3) is 0 Å². The fraction of sp³-hybridized carbons (Fsp3) is 0.571. The van der Waals surface area contributed by atoms with E-state index in [1.165, 1.54) is 0 Å². The van der Waals surface area contributed by atoms with Crippen LogP contribution in [-0.4, -0.2) is 13.2 Å². The highest BCUT2D eigenvalue weighted by Crippen LogP contribution is 2.44. The SMILES string of the molecule is COc1ccc(C)cc1C1(F)CCCC(N)C1. The Morgan fingerprint density at radius 1 is 1.47 bits per heavy atom. The second kappa shape index (κ2) is 4.65. The lowest BCUT2D eigenvalue weighted by atomic mass is 9.78. The number of benzene rings is 1. The minimum Gasteiger partial charge on any atom is -0.496 e. The number of rotatable bonds is 2. The molecule has 0 bridgehead atoms. The van der Waals surface area contributed by atoms with Crippen LogP contribution >= 0.6 is 0 Å². The van der Waals surface area contributed by atoms with Gasteiger partial charge in [-0.05, 0) is 38.3 Å². The first kappa shape index (κ1) is 12.4. The van der Waals surface area contributed by atoms with Crippen LogP contribution in [0.2, 0.25) is 0 Å². The Bertz CT molecular complexity index is 407. The number of alkyl halides is 1. The van der Waals surface area contributed by atoms with Crippen LogP contribution in [0.5, 0.6) is 5.75 Å². The Labute approximate surface area is 102 Å². The lowest BCUT2D eigenvalue weighted by molar-refractivity contribution is 0.0914. The van der Waals surface area contributed by atoms with Gasteiger partial charge in [-0.1, -0.05) is 11.6 Å². The van der Waals surface area contributed by atoms with E-state index in [2.05, 4.69) is 0 Å². The molecule has 1 aliphatic carbocycles. The number of methoxy groups -OCH3 is 1. The minimum atomic E-state index is -1.32. The maximum atomic E-state index is 15.0. The van der Waals surface area contributed by atoms with Gasteiger partial charge in [0.05, 0.1) is 7.11 Å². The molecule has 2 N–H and O–H groups in total. The smallest absolute Gasteiger partial charge is 0.141 e. The van der Waals surface area contributed by atoms with Gasteiger partial charge in [0.2, 0.25) is 0 Å². The molecule has 1 fully saturated rings. The van der Waals surface area contributed by atoms with Crippen LogP contribution in [0.4, 0.5) is 4.39 Å². The first-order chi connectivity index (χ1) is 8.05. The standard InChI is InChI=1S/C14H20FNO/c1-10-5-6-13(17-2)12(8-10)14(15)7-3-4-11(16)9-14/h5-6,8,11H,3-4,7,9,16H2,1-2H3. The fourth-order valence-electron chi connectivity index (χ4n) is 2.68. The number of hydrogen-bond acceptors (Lipinski definition) is 2. The van der Waals surface area contributed by atoms with Crippen molar-refractivity contribution in [2.24, 2.45) is 5.73 Å². The van der Waals surface area contributed by atoms with Gasteiger partial charge in [-0.2, -0.15) is 0 Å². The summed E-state index contributed by atoms with van der Waals surface area (Å²) in [5, 5.41) is 0. The zero-order chi connectivity index (χ0) is 12.5. The van der Waals surface area contributed by atoms with Gasteiger partial charge in [0, 0.05) is 18.0 Å². The average Bonchev–Trinajstić information content (AvgIpc) is 2.28. The van der Waals surface area contributed by atoms with Crippen molar-refractivity contribution in [3.63, 3.8) is 0 Å². The summed E-state index contributed by atoms with van der Waals surface area (Å²) in [4.78, 5) is 0. The molecule has 0 aliphatic heterocycles. The first-order valence-corrected chi connectivity index (χ1v) is 6.15. The molecule has 3 heteroatoms. The highest BCUT2D eigenvalue weighted by molar-refractivity contribution is 5.41. The van der Waals surface area contributed by atoms with E-state index in [9.17, 15) is 0 Å². The molecule has 17 heavy (non-hydrogen) atoms. The van der Waals surface area contributed by atoms with Crippen LogP contribution in [0.15, 0.2) is 18.2 Å². The Morgan fingerprint density at radius 2 is 2.24 bits per heavy atom. The third-order valence-electron chi connectivity index (χ3n) is 3.57. The molecule has 0 heterocycles. The van der Waals surface area contributed by atoms with Crippen LogP contribution in [0.1, 0.15) is 36.8 Å². The van der Waals surface area contributed by atoms with Gasteiger partial charge in [-0.15, -0.1) is 0 Å². The van der Waals surface area contributed by atoms with Crippen LogP contribution in [0, 0.1) is 6.92 Å². The van der Waals surface area contributed by atoms with Gasteiger partial charge in [0.1, 0.15) is 11.4 Å². The Kier molecular flexibility index (Phi) is 3.38. The summed E-state index contributed by atoms with van der Waals surface area (Å²) >= 11 is 0. The number of halogens is 1. The monoisotopic (exact) mass is 237 g/mol. The maximum absolute atomic E-state index is 15.0.